The van der Waals surface area contributed by atoms with Crippen LogP contribution in [0.3, 0.4) is 0 Å². The Kier molecular flexibility index (Phi) is 5.23. The lowest BCUT2D eigenvalue weighted by Gasteiger charge is -2.31. The first-order chi connectivity index (χ1) is 10.1. The van der Waals surface area contributed by atoms with E-state index in [-0.39, 0.29) is 6.04 Å². The summed E-state index contributed by atoms with van der Waals surface area (Å²) in [6, 6.07) is 0.623. The lowest BCUT2D eigenvalue weighted by Crippen LogP contribution is -2.43. The van der Waals surface area contributed by atoms with Gasteiger partial charge in [-0.3, -0.25) is 4.90 Å². The summed E-state index contributed by atoms with van der Waals surface area (Å²) < 4.78 is 6.97. The van der Waals surface area contributed by atoms with Crippen molar-refractivity contribution in [1.29, 1.82) is 0 Å². The maximum absolute atomic E-state index is 12.5. The molecule has 8 heteroatoms. The molecule has 1 heterocycles. The van der Waals surface area contributed by atoms with Gasteiger partial charge in [0.05, 0.1) is 3.79 Å². The van der Waals surface area contributed by atoms with Crippen LogP contribution in [0.4, 0.5) is 4.79 Å². The fraction of sp³-hybridized carbons (Fsp3) is 0.571. The molecule has 0 aliphatic heterocycles. The number of halogens is 2. The van der Waals surface area contributed by atoms with E-state index in [0.717, 1.165) is 21.1 Å². The number of carbonyl (C=O) groups is 2. The highest BCUT2D eigenvalue weighted by Gasteiger charge is 2.44. The highest BCUT2D eigenvalue weighted by atomic mass is 79.9. The zero-order chi connectivity index (χ0) is 16.7. The molecule has 0 spiro atoms. The van der Waals surface area contributed by atoms with Gasteiger partial charge in [0.1, 0.15) is 5.60 Å². The van der Waals surface area contributed by atoms with Gasteiger partial charge in [0, 0.05) is 15.4 Å². The largest absolute Gasteiger partial charge is 0.479 e. The van der Waals surface area contributed by atoms with Gasteiger partial charge in [-0.05, 0) is 71.5 Å². The van der Waals surface area contributed by atoms with Gasteiger partial charge in [0.2, 0.25) is 0 Å². The van der Waals surface area contributed by atoms with Crippen molar-refractivity contribution in [3.8, 4) is 0 Å². The molecule has 0 radical (unpaired) electrons. The van der Waals surface area contributed by atoms with Crippen molar-refractivity contribution >= 4 is 55.3 Å². The van der Waals surface area contributed by atoms with E-state index >= 15 is 0 Å². The molecule has 0 saturated heterocycles. The Hall–Kier alpha value is -0.600. The molecule has 1 unspecified atom stereocenters. The second kappa shape index (κ2) is 6.49. The number of carboxylic acids is 1. The number of rotatable bonds is 4. The molecule has 1 aromatic heterocycles. The number of amides is 1. The zero-order valence-corrected chi connectivity index (χ0v) is 16.4. The first-order valence-electron chi connectivity index (χ1n) is 6.79. The normalized spacial score (nSPS) is 16.2. The topological polar surface area (TPSA) is 66.8 Å². The fourth-order valence-corrected chi connectivity index (χ4v) is 4.19. The Morgan fingerprint density at radius 2 is 2.00 bits per heavy atom. The summed E-state index contributed by atoms with van der Waals surface area (Å²) in [7, 11) is 0. The molecule has 1 amide bonds. The fourth-order valence-electron chi connectivity index (χ4n) is 2.01. The summed E-state index contributed by atoms with van der Waals surface area (Å²) in [6.07, 6.45) is 1.02. The minimum absolute atomic E-state index is 0.0735. The van der Waals surface area contributed by atoms with Crippen molar-refractivity contribution in [3.05, 3.63) is 19.2 Å². The van der Waals surface area contributed by atoms with Crippen molar-refractivity contribution < 1.29 is 19.4 Å². The quantitative estimate of drug-likeness (QED) is 0.709. The Morgan fingerprint density at radius 3 is 2.36 bits per heavy atom. The van der Waals surface area contributed by atoms with Crippen molar-refractivity contribution in [2.24, 2.45) is 0 Å². The minimum atomic E-state index is -1.06. The monoisotopic (exact) mass is 453 g/mol. The van der Waals surface area contributed by atoms with Crippen LogP contribution in [0.15, 0.2) is 14.3 Å². The van der Waals surface area contributed by atoms with E-state index in [2.05, 4.69) is 31.9 Å². The molecular weight excluding hydrogens is 438 g/mol. The van der Waals surface area contributed by atoms with Crippen LogP contribution in [-0.4, -0.2) is 33.7 Å². The summed E-state index contributed by atoms with van der Waals surface area (Å²) in [5, 5.41) is 9.65. The van der Waals surface area contributed by atoms with Crippen molar-refractivity contribution in [2.45, 2.75) is 51.3 Å². The Labute approximate surface area is 149 Å². The van der Waals surface area contributed by atoms with Crippen LogP contribution in [0.5, 0.6) is 0 Å². The number of hydrogen-bond acceptors (Lipinski definition) is 4. The maximum atomic E-state index is 12.5. The molecule has 0 aromatic carbocycles. The molecule has 1 fully saturated rings. The van der Waals surface area contributed by atoms with Gasteiger partial charge in [-0.25, -0.2) is 9.59 Å². The van der Waals surface area contributed by atoms with Crippen LogP contribution in [0, 0.1) is 0 Å². The van der Waals surface area contributed by atoms with Gasteiger partial charge in [0.15, 0.2) is 6.04 Å². The van der Waals surface area contributed by atoms with Crippen LogP contribution in [0.1, 0.15) is 44.5 Å². The van der Waals surface area contributed by atoms with Gasteiger partial charge in [-0.2, -0.15) is 0 Å². The zero-order valence-electron chi connectivity index (χ0n) is 12.4. The molecule has 1 saturated carbocycles. The molecule has 1 N–H and O–H groups in total. The number of hydrogen-bond donors (Lipinski definition) is 1. The summed E-state index contributed by atoms with van der Waals surface area (Å²) in [5.41, 5.74) is -0.663. The van der Waals surface area contributed by atoms with Crippen molar-refractivity contribution in [1.82, 2.24) is 4.90 Å². The van der Waals surface area contributed by atoms with Crippen LogP contribution in [-0.2, 0) is 9.53 Å². The van der Waals surface area contributed by atoms with Gasteiger partial charge < -0.3 is 9.84 Å². The number of carbonyl (C=O) groups excluding carboxylic acids is 1. The molecule has 2 rings (SSSR count). The number of nitrogens with zero attached hydrogens (tertiary/aromatic N) is 1. The van der Waals surface area contributed by atoms with Crippen LogP contribution >= 0.6 is 43.2 Å². The second-order valence-corrected chi connectivity index (χ2v) is 9.39. The average Bonchev–Trinajstić information content (AvgIpc) is 3.10. The Morgan fingerprint density at radius 1 is 1.41 bits per heavy atom. The SMILES string of the molecule is CC(C)(C)OC(=O)N(C1CC1)C(C(=O)O)c1cc(Br)c(Br)s1. The van der Waals surface area contributed by atoms with E-state index in [0.29, 0.717) is 4.88 Å². The highest BCUT2D eigenvalue weighted by Crippen LogP contribution is 2.41. The molecule has 122 valence electrons. The van der Waals surface area contributed by atoms with E-state index in [1.54, 1.807) is 26.8 Å². The molecule has 1 aliphatic carbocycles. The summed E-state index contributed by atoms with van der Waals surface area (Å²) in [5.74, 6) is -1.06. The maximum Gasteiger partial charge on any atom is 0.411 e. The van der Waals surface area contributed by atoms with Gasteiger partial charge in [0.25, 0.3) is 0 Å². The number of thiophene rings is 1. The lowest BCUT2D eigenvalue weighted by molar-refractivity contribution is -0.143. The first kappa shape index (κ1) is 17.7. The standard InChI is InChI=1S/C14H17Br2NO4S/c1-14(2,3)21-13(20)17(7-4-5-7)10(12(18)19)9-6-8(15)11(16)22-9/h6-7,10H,4-5H2,1-3H3,(H,18,19). The minimum Gasteiger partial charge on any atom is -0.479 e. The van der Waals surface area contributed by atoms with E-state index in [1.807, 2.05) is 0 Å². The molecule has 1 aromatic rings. The molecule has 1 atom stereocenters. The van der Waals surface area contributed by atoms with Crippen LogP contribution in [0.25, 0.3) is 0 Å². The van der Waals surface area contributed by atoms with E-state index < -0.39 is 23.7 Å². The lowest BCUT2D eigenvalue weighted by atomic mass is 10.2. The summed E-state index contributed by atoms with van der Waals surface area (Å²) in [4.78, 5) is 26.2. The van der Waals surface area contributed by atoms with E-state index in [1.165, 1.54) is 16.2 Å². The third-order valence-corrected chi connectivity index (χ3v) is 6.30. The Balaban J connectivity index is 2.34. The Bertz CT molecular complexity index is 573. The number of carboxylic acid groups (broad SMARTS) is 1. The molecule has 1 aliphatic rings. The van der Waals surface area contributed by atoms with Crippen LogP contribution in [0.2, 0.25) is 0 Å². The molecule has 5 nitrogen and oxygen atoms in total. The van der Waals surface area contributed by atoms with Gasteiger partial charge in [-0.1, -0.05) is 0 Å². The van der Waals surface area contributed by atoms with Crippen molar-refractivity contribution in [3.63, 3.8) is 0 Å². The highest BCUT2D eigenvalue weighted by molar-refractivity contribution is 9.13. The number of ether oxygens (including phenoxy) is 1. The average molecular weight is 455 g/mol. The van der Waals surface area contributed by atoms with E-state index in [9.17, 15) is 14.7 Å². The molecule has 0 bridgehead atoms. The van der Waals surface area contributed by atoms with E-state index in [4.69, 9.17) is 4.74 Å². The van der Waals surface area contributed by atoms with Gasteiger partial charge in [-0.15, -0.1) is 11.3 Å². The third-order valence-electron chi connectivity index (χ3n) is 2.99. The summed E-state index contributed by atoms with van der Waals surface area (Å²) in [6.45, 7) is 5.30. The smallest absolute Gasteiger partial charge is 0.411 e. The summed E-state index contributed by atoms with van der Waals surface area (Å²) >= 11 is 8.02. The molecule has 22 heavy (non-hydrogen) atoms. The first-order valence-corrected chi connectivity index (χ1v) is 9.19. The van der Waals surface area contributed by atoms with Crippen molar-refractivity contribution in [2.75, 3.05) is 0 Å². The molecular formula is C14H17Br2NO4S. The second-order valence-electron chi connectivity index (χ2n) is 6.13. The predicted octanol–water partition coefficient (Wildman–Crippen LogP) is 4.80. The number of aliphatic carboxylic acids is 1. The predicted molar refractivity (Wildman–Crippen MR) is 91.2 cm³/mol. The van der Waals surface area contributed by atoms with Gasteiger partial charge >= 0.3 is 12.1 Å². The third kappa shape index (κ3) is 4.23. The van der Waals surface area contributed by atoms with Crippen LogP contribution < -0.4 is 0 Å².